The molecule has 1 saturated carbocycles. The van der Waals surface area contributed by atoms with Crippen molar-refractivity contribution in [3.63, 3.8) is 0 Å². The van der Waals surface area contributed by atoms with Crippen LogP contribution in [0.5, 0.6) is 5.75 Å². The largest absolute Gasteiger partial charge is 0.494 e. The van der Waals surface area contributed by atoms with Crippen LogP contribution in [0.1, 0.15) is 48.9 Å². The van der Waals surface area contributed by atoms with Crippen molar-refractivity contribution in [1.82, 2.24) is 20.0 Å². The number of aromatic nitrogens is 3. The summed E-state index contributed by atoms with van der Waals surface area (Å²) in [7, 11) is 3.74. The summed E-state index contributed by atoms with van der Waals surface area (Å²) in [6.07, 6.45) is 6.66. The van der Waals surface area contributed by atoms with Crippen LogP contribution < -0.4 is 4.74 Å². The topological polar surface area (TPSA) is 64.3 Å². The number of rotatable bonds is 6. The number of fused-ring (bicyclic) bond motifs is 1. The Bertz CT molecular complexity index is 886. The zero-order valence-corrected chi connectivity index (χ0v) is 15.3. The molecule has 0 aliphatic heterocycles. The van der Waals surface area contributed by atoms with Gasteiger partial charge < -0.3 is 9.26 Å². The van der Waals surface area contributed by atoms with Gasteiger partial charge in [-0.05, 0) is 37.6 Å². The monoisotopic (exact) mass is 352 g/mol. The smallest absolute Gasteiger partial charge is 0.229 e. The maximum atomic E-state index is 5.49. The first-order valence-corrected chi connectivity index (χ1v) is 9.16. The van der Waals surface area contributed by atoms with Crippen LogP contribution in [0.2, 0.25) is 0 Å². The Morgan fingerprint density at radius 3 is 2.85 bits per heavy atom. The summed E-state index contributed by atoms with van der Waals surface area (Å²) in [5.74, 6) is 2.82. The Hall–Kier alpha value is -2.47. The summed E-state index contributed by atoms with van der Waals surface area (Å²) >= 11 is 0. The molecule has 0 radical (unpaired) electrons. The van der Waals surface area contributed by atoms with Gasteiger partial charge in [-0.1, -0.05) is 30.1 Å². The van der Waals surface area contributed by atoms with E-state index in [-0.39, 0.29) is 0 Å². The fourth-order valence-electron chi connectivity index (χ4n) is 3.77. The van der Waals surface area contributed by atoms with Crippen LogP contribution in [0.4, 0.5) is 0 Å². The third kappa shape index (κ3) is 3.42. The molecule has 6 nitrogen and oxygen atoms in total. The van der Waals surface area contributed by atoms with Gasteiger partial charge in [-0.3, -0.25) is 9.88 Å². The first kappa shape index (κ1) is 17.0. The summed E-state index contributed by atoms with van der Waals surface area (Å²) in [5.41, 5.74) is 2.10. The van der Waals surface area contributed by atoms with Crippen molar-refractivity contribution >= 4 is 10.9 Å². The van der Waals surface area contributed by atoms with Gasteiger partial charge in [0.15, 0.2) is 5.82 Å². The van der Waals surface area contributed by atoms with E-state index in [0.717, 1.165) is 34.9 Å². The van der Waals surface area contributed by atoms with Gasteiger partial charge in [-0.15, -0.1) is 0 Å². The highest BCUT2D eigenvalue weighted by Gasteiger charge is 2.23. The SMILES string of the molecule is COc1ccc(CN(C)Cc2noc(C3CCCC3)n2)c2cccnc12. The van der Waals surface area contributed by atoms with Crippen molar-refractivity contribution in [2.24, 2.45) is 0 Å². The van der Waals surface area contributed by atoms with Crippen molar-refractivity contribution < 1.29 is 9.26 Å². The summed E-state index contributed by atoms with van der Waals surface area (Å²) in [4.78, 5) is 11.3. The first-order chi connectivity index (χ1) is 12.7. The molecule has 3 aromatic rings. The molecule has 1 aliphatic carbocycles. The molecule has 0 amide bonds. The quantitative estimate of drug-likeness (QED) is 0.670. The molecular formula is C20H24N4O2. The minimum absolute atomic E-state index is 0.457. The molecule has 26 heavy (non-hydrogen) atoms. The van der Waals surface area contributed by atoms with Crippen LogP contribution in [0.15, 0.2) is 35.0 Å². The van der Waals surface area contributed by atoms with Crippen LogP contribution >= 0.6 is 0 Å². The van der Waals surface area contributed by atoms with Gasteiger partial charge >= 0.3 is 0 Å². The zero-order valence-electron chi connectivity index (χ0n) is 15.3. The van der Waals surface area contributed by atoms with Gasteiger partial charge in [0.1, 0.15) is 11.3 Å². The Labute approximate surface area is 153 Å². The van der Waals surface area contributed by atoms with E-state index in [1.54, 1.807) is 13.3 Å². The van der Waals surface area contributed by atoms with E-state index >= 15 is 0 Å². The Kier molecular flexibility index (Phi) is 4.84. The average molecular weight is 352 g/mol. The lowest BCUT2D eigenvalue weighted by Crippen LogP contribution is -2.18. The van der Waals surface area contributed by atoms with Crippen molar-refractivity contribution in [3.8, 4) is 5.75 Å². The standard InChI is InChI=1S/C20H24N4O2/c1-24(13-18-22-20(26-23-18)14-6-3-4-7-14)12-15-9-10-17(25-2)19-16(15)8-5-11-21-19/h5,8-11,14H,3-4,6-7,12-13H2,1-2H3. The van der Waals surface area contributed by atoms with Gasteiger partial charge in [0.25, 0.3) is 0 Å². The molecule has 0 spiro atoms. The number of hydrogen-bond donors (Lipinski definition) is 0. The van der Waals surface area contributed by atoms with E-state index in [4.69, 9.17) is 9.26 Å². The molecule has 2 heterocycles. The molecule has 1 fully saturated rings. The van der Waals surface area contributed by atoms with Gasteiger partial charge in [0, 0.05) is 24.0 Å². The number of benzene rings is 1. The maximum Gasteiger partial charge on any atom is 0.229 e. The van der Waals surface area contributed by atoms with Crippen molar-refractivity contribution in [3.05, 3.63) is 47.7 Å². The number of nitrogens with zero attached hydrogens (tertiary/aromatic N) is 4. The normalized spacial score (nSPS) is 15.2. The molecule has 6 heteroatoms. The van der Waals surface area contributed by atoms with Crippen molar-refractivity contribution in [2.75, 3.05) is 14.2 Å². The summed E-state index contributed by atoms with van der Waals surface area (Å²) < 4.78 is 10.9. The third-order valence-electron chi connectivity index (χ3n) is 5.08. The van der Waals surface area contributed by atoms with Gasteiger partial charge in [0.05, 0.1) is 13.7 Å². The van der Waals surface area contributed by atoms with E-state index < -0.39 is 0 Å². The van der Waals surface area contributed by atoms with Crippen LogP contribution in [-0.4, -0.2) is 34.2 Å². The molecule has 0 unspecified atom stereocenters. The highest BCUT2D eigenvalue weighted by Crippen LogP contribution is 2.33. The number of methoxy groups -OCH3 is 1. The van der Waals surface area contributed by atoms with Crippen molar-refractivity contribution in [2.45, 2.75) is 44.7 Å². The van der Waals surface area contributed by atoms with Crippen molar-refractivity contribution in [1.29, 1.82) is 0 Å². The van der Waals surface area contributed by atoms with E-state index in [1.165, 1.54) is 31.2 Å². The predicted octanol–water partition coefficient (Wildman–Crippen LogP) is 3.92. The van der Waals surface area contributed by atoms with E-state index in [0.29, 0.717) is 12.5 Å². The molecule has 136 valence electrons. The summed E-state index contributed by atoms with van der Waals surface area (Å²) in [6, 6.07) is 8.11. The lowest BCUT2D eigenvalue weighted by Gasteiger charge is -2.16. The molecule has 0 atom stereocenters. The fraction of sp³-hybridized carbons (Fsp3) is 0.450. The second kappa shape index (κ2) is 7.41. The van der Waals surface area contributed by atoms with Gasteiger partial charge in [-0.25, -0.2) is 0 Å². The zero-order chi connectivity index (χ0) is 17.9. The first-order valence-electron chi connectivity index (χ1n) is 9.16. The minimum atomic E-state index is 0.457. The Morgan fingerprint density at radius 1 is 1.19 bits per heavy atom. The van der Waals surface area contributed by atoms with Crippen LogP contribution in [0, 0.1) is 0 Å². The number of hydrogen-bond acceptors (Lipinski definition) is 6. The molecule has 4 rings (SSSR count). The van der Waals surface area contributed by atoms with E-state index in [2.05, 4.69) is 39.2 Å². The highest BCUT2D eigenvalue weighted by atomic mass is 16.5. The second-order valence-electron chi connectivity index (χ2n) is 7.03. The van der Waals surface area contributed by atoms with Crippen LogP contribution in [0.25, 0.3) is 10.9 Å². The van der Waals surface area contributed by atoms with E-state index in [1.807, 2.05) is 12.1 Å². The average Bonchev–Trinajstić information content (AvgIpc) is 3.33. The predicted molar refractivity (Wildman–Crippen MR) is 99.0 cm³/mol. The molecular weight excluding hydrogens is 328 g/mol. The third-order valence-corrected chi connectivity index (χ3v) is 5.08. The maximum absolute atomic E-state index is 5.49. The lowest BCUT2D eigenvalue weighted by atomic mass is 10.1. The van der Waals surface area contributed by atoms with Gasteiger partial charge in [-0.2, -0.15) is 4.98 Å². The Balaban J connectivity index is 1.48. The molecule has 0 saturated heterocycles. The minimum Gasteiger partial charge on any atom is -0.494 e. The lowest BCUT2D eigenvalue weighted by molar-refractivity contribution is 0.298. The van der Waals surface area contributed by atoms with Gasteiger partial charge in [0.2, 0.25) is 5.89 Å². The van der Waals surface area contributed by atoms with Crippen LogP contribution in [0.3, 0.4) is 0 Å². The summed E-state index contributed by atoms with van der Waals surface area (Å²) in [5, 5.41) is 5.28. The molecule has 1 aromatic carbocycles. The van der Waals surface area contributed by atoms with E-state index in [9.17, 15) is 0 Å². The summed E-state index contributed by atoms with van der Waals surface area (Å²) in [6.45, 7) is 1.43. The highest BCUT2D eigenvalue weighted by molar-refractivity contribution is 5.87. The fourth-order valence-corrected chi connectivity index (χ4v) is 3.77. The number of pyridine rings is 1. The molecule has 0 bridgehead atoms. The molecule has 2 aromatic heterocycles. The molecule has 1 aliphatic rings. The molecule has 0 N–H and O–H groups in total. The van der Waals surface area contributed by atoms with Crippen LogP contribution in [-0.2, 0) is 13.1 Å². The Morgan fingerprint density at radius 2 is 2.04 bits per heavy atom. The second-order valence-corrected chi connectivity index (χ2v) is 7.03. The number of ether oxygens (including phenoxy) is 1.